The number of rotatable bonds is 5. The Balaban J connectivity index is 1.52. The van der Waals surface area contributed by atoms with Crippen LogP contribution in [0.4, 0.5) is 0 Å². The molecule has 0 spiro atoms. The van der Waals surface area contributed by atoms with E-state index in [0.29, 0.717) is 16.4 Å². The molecule has 2 aliphatic carbocycles. The molecule has 3 heteroatoms. The summed E-state index contributed by atoms with van der Waals surface area (Å²) in [7, 11) is 0. The maximum absolute atomic E-state index is 11.3. The number of ether oxygens (including phenoxy) is 2. The Bertz CT molecular complexity index is 533. The molecule has 0 N–H and O–H groups in total. The minimum atomic E-state index is -0.541. The molecule has 4 atom stereocenters. The predicted octanol–water partition coefficient (Wildman–Crippen LogP) is 4.73. The zero-order valence-electron chi connectivity index (χ0n) is 14.3. The van der Waals surface area contributed by atoms with Gasteiger partial charge in [0.1, 0.15) is 0 Å². The number of fused-ring (bicyclic) bond motifs is 1. The molecule has 0 aromatic heterocycles. The van der Waals surface area contributed by atoms with Crippen LogP contribution in [0.1, 0.15) is 66.2 Å². The Morgan fingerprint density at radius 3 is 2.95 bits per heavy atom. The van der Waals surface area contributed by atoms with Crippen molar-refractivity contribution in [1.82, 2.24) is 0 Å². The van der Waals surface area contributed by atoms with Crippen molar-refractivity contribution in [3.05, 3.63) is 23.5 Å². The zero-order chi connectivity index (χ0) is 16.0. The van der Waals surface area contributed by atoms with E-state index in [1.807, 2.05) is 0 Å². The van der Waals surface area contributed by atoms with Gasteiger partial charge in [-0.05, 0) is 61.9 Å². The molecular weight excluding hydrogens is 276 g/mol. The molecule has 0 aromatic rings. The van der Waals surface area contributed by atoms with Crippen LogP contribution in [0, 0.1) is 16.7 Å². The fourth-order valence-corrected chi connectivity index (χ4v) is 4.70. The molecule has 2 fully saturated rings. The summed E-state index contributed by atoms with van der Waals surface area (Å²) in [4.78, 5) is 11.3. The third-order valence-corrected chi connectivity index (χ3v) is 6.39. The second-order valence-electron chi connectivity index (χ2n) is 7.91. The van der Waals surface area contributed by atoms with Crippen molar-refractivity contribution in [2.24, 2.45) is 16.7 Å². The van der Waals surface area contributed by atoms with Crippen LogP contribution in [0.25, 0.3) is 0 Å². The molecule has 3 nitrogen and oxygen atoms in total. The van der Waals surface area contributed by atoms with Crippen molar-refractivity contribution in [3.63, 3.8) is 0 Å². The number of hydrogen-bond acceptors (Lipinski definition) is 3. The lowest BCUT2D eigenvalue weighted by molar-refractivity contribution is -0.152. The Morgan fingerprint density at radius 2 is 2.32 bits per heavy atom. The fraction of sp³-hybridized carbons (Fsp3) is 0.737. The Labute approximate surface area is 133 Å². The first-order valence-electron chi connectivity index (χ1n) is 8.57. The lowest BCUT2D eigenvalue weighted by Crippen LogP contribution is -2.25. The number of cyclic esters (lactones) is 1. The van der Waals surface area contributed by atoms with E-state index in [9.17, 15) is 4.79 Å². The van der Waals surface area contributed by atoms with E-state index < -0.39 is 6.29 Å². The van der Waals surface area contributed by atoms with E-state index in [1.54, 1.807) is 19.3 Å². The summed E-state index contributed by atoms with van der Waals surface area (Å²) < 4.78 is 10.6. The summed E-state index contributed by atoms with van der Waals surface area (Å²) in [5.74, 6) is 0.570. The largest absolute Gasteiger partial charge is 0.459 e. The van der Waals surface area contributed by atoms with Crippen LogP contribution in [0.5, 0.6) is 0 Å². The Morgan fingerprint density at radius 1 is 1.55 bits per heavy atom. The van der Waals surface area contributed by atoms with Crippen molar-refractivity contribution in [3.8, 4) is 0 Å². The van der Waals surface area contributed by atoms with Gasteiger partial charge in [-0.3, -0.25) is 0 Å². The van der Waals surface area contributed by atoms with Gasteiger partial charge in [-0.2, -0.15) is 0 Å². The van der Waals surface area contributed by atoms with Crippen LogP contribution in [-0.4, -0.2) is 12.3 Å². The van der Waals surface area contributed by atoms with E-state index >= 15 is 0 Å². The van der Waals surface area contributed by atoms with Gasteiger partial charge in [-0.25, -0.2) is 4.79 Å². The normalized spacial score (nSPS) is 40.8. The van der Waals surface area contributed by atoms with Crippen molar-refractivity contribution in [1.29, 1.82) is 0 Å². The van der Waals surface area contributed by atoms with Crippen molar-refractivity contribution in [2.45, 2.75) is 72.5 Å². The van der Waals surface area contributed by atoms with Gasteiger partial charge < -0.3 is 9.47 Å². The first kappa shape index (κ1) is 15.6. The van der Waals surface area contributed by atoms with E-state index in [2.05, 4.69) is 20.8 Å². The molecule has 0 bridgehead atoms. The van der Waals surface area contributed by atoms with E-state index in [0.717, 1.165) is 12.3 Å². The van der Waals surface area contributed by atoms with Crippen molar-refractivity contribution < 1.29 is 14.3 Å². The second-order valence-corrected chi connectivity index (χ2v) is 7.91. The minimum absolute atomic E-state index is 0.278. The van der Waals surface area contributed by atoms with E-state index in [4.69, 9.17) is 9.47 Å². The van der Waals surface area contributed by atoms with Crippen molar-refractivity contribution in [2.75, 3.05) is 0 Å². The van der Waals surface area contributed by atoms with Gasteiger partial charge in [0.15, 0.2) is 0 Å². The Kier molecular flexibility index (Phi) is 3.86. The number of esters is 1. The molecule has 0 aromatic carbocycles. The highest BCUT2D eigenvalue weighted by atomic mass is 16.7. The molecule has 3 aliphatic rings. The van der Waals surface area contributed by atoms with Crippen LogP contribution < -0.4 is 0 Å². The van der Waals surface area contributed by atoms with Crippen LogP contribution in [0.3, 0.4) is 0 Å². The molecule has 22 heavy (non-hydrogen) atoms. The average Bonchev–Trinajstić information content (AvgIpc) is 2.98. The summed E-state index contributed by atoms with van der Waals surface area (Å²) in [5, 5.41) is 0. The van der Waals surface area contributed by atoms with Gasteiger partial charge in [-0.1, -0.05) is 26.7 Å². The molecule has 0 radical (unpaired) electrons. The number of carbonyl (C=O) groups is 1. The molecule has 1 heterocycles. The second kappa shape index (κ2) is 5.43. The lowest BCUT2D eigenvalue weighted by atomic mass is 9.71. The molecule has 1 aliphatic heterocycles. The summed E-state index contributed by atoms with van der Waals surface area (Å²) in [6.45, 7) is 8.77. The number of allylic oxidation sites excluding steroid dienone is 1. The van der Waals surface area contributed by atoms with Gasteiger partial charge in [-0.15, -0.1) is 0 Å². The zero-order valence-corrected chi connectivity index (χ0v) is 14.3. The summed E-state index contributed by atoms with van der Waals surface area (Å²) >= 11 is 0. The van der Waals surface area contributed by atoms with Crippen LogP contribution >= 0.6 is 0 Å². The predicted molar refractivity (Wildman–Crippen MR) is 85.9 cm³/mol. The molecular formula is C19H28O3. The third kappa shape index (κ3) is 2.59. The number of carbonyl (C=O) groups excluding carboxylic acids is 1. The first-order chi connectivity index (χ1) is 10.4. The minimum Gasteiger partial charge on any atom is -0.459 e. The van der Waals surface area contributed by atoms with Gasteiger partial charge in [0.05, 0.1) is 6.26 Å². The standard InChI is InChI=1S/C19H28O3/c1-13(11-21-16-10-14(2)17(20)22-16)7-9-19-12-18(19,4)8-5-6-15(19)3/h10-11,15-16H,5-9,12H2,1-4H3/b13-11-/t15?,16?,18-,19?/m1/s1. The maximum Gasteiger partial charge on any atom is 0.336 e. The SMILES string of the molecule is CC1=CC(O/C=C(/C)CCC23C[C@@]2(C)CCCC3C)OC1=O. The monoisotopic (exact) mass is 304 g/mol. The lowest BCUT2D eigenvalue weighted by Gasteiger charge is -2.34. The Hall–Kier alpha value is -1.25. The molecule has 3 rings (SSSR count). The van der Waals surface area contributed by atoms with Crippen molar-refractivity contribution >= 4 is 5.97 Å². The molecule has 3 unspecified atom stereocenters. The maximum atomic E-state index is 11.3. The highest BCUT2D eigenvalue weighted by molar-refractivity contribution is 5.89. The fourth-order valence-electron chi connectivity index (χ4n) is 4.70. The smallest absolute Gasteiger partial charge is 0.336 e. The van der Waals surface area contributed by atoms with Gasteiger partial charge in [0.2, 0.25) is 0 Å². The summed E-state index contributed by atoms with van der Waals surface area (Å²) in [5.41, 5.74) is 3.01. The average molecular weight is 304 g/mol. The molecule has 2 saturated carbocycles. The molecule has 0 saturated heterocycles. The quantitative estimate of drug-likeness (QED) is 0.544. The summed E-state index contributed by atoms with van der Waals surface area (Å²) in [6, 6.07) is 0. The highest BCUT2D eigenvalue weighted by Crippen LogP contribution is 2.75. The van der Waals surface area contributed by atoms with E-state index in [1.165, 1.54) is 37.7 Å². The molecule has 122 valence electrons. The first-order valence-corrected chi connectivity index (χ1v) is 8.57. The summed E-state index contributed by atoms with van der Waals surface area (Å²) in [6.07, 6.45) is 10.9. The van der Waals surface area contributed by atoms with Crippen LogP contribution in [0.15, 0.2) is 23.5 Å². The van der Waals surface area contributed by atoms with Gasteiger partial charge >= 0.3 is 5.97 Å². The van der Waals surface area contributed by atoms with Crippen LogP contribution in [0.2, 0.25) is 0 Å². The molecule has 0 amide bonds. The van der Waals surface area contributed by atoms with Gasteiger partial charge in [0.25, 0.3) is 6.29 Å². The topological polar surface area (TPSA) is 35.5 Å². The highest BCUT2D eigenvalue weighted by Gasteiger charge is 2.66. The van der Waals surface area contributed by atoms with Gasteiger partial charge in [0, 0.05) is 11.6 Å². The van der Waals surface area contributed by atoms with E-state index in [-0.39, 0.29) is 5.97 Å². The number of hydrogen-bond donors (Lipinski definition) is 0. The third-order valence-electron chi connectivity index (χ3n) is 6.39. The van der Waals surface area contributed by atoms with Crippen LogP contribution in [-0.2, 0) is 14.3 Å².